The van der Waals surface area contributed by atoms with Gasteiger partial charge in [-0.25, -0.2) is 0 Å². The average Bonchev–Trinajstić information content (AvgIpc) is 3.26. The minimum Gasteiger partial charge on any atom is -0.466 e. The molecule has 4 nitrogen and oxygen atoms in total. The van der Waals surface area contributed by atoms with Crippen LogP contribution in [0.15, 0.2) is 84.3 Å². The summed E-state index contributed by atoms with van der Waals surface area (Å²) in [5.41, 5.74) is 3.99. The van der Waals surface area contributed by atoms with Gasteiger partial charge in [0.25, 0.3) is 0 Å². The SMILES string of the molecule is C=C/C=C\C1=CN(CC)/C(=C/C=C/C(N(C)CCCCCCCCCCCCCC(=O)OCC)C(C)(C)/C(C)=C/C=C\C)C1(C)C. The summed E-state index contributed by atoms with van der Waals surface area (Å²) in [5.74, 6) is -0.0465. The second-order valence-electron chi connectivity index (χ2n) is 14.0. The van der Waals surface area contributed by atoms with Gasteiger partial charge < -0.3 is 9.64 Å². The van der Waals surface area contributed by atoms with E-state index in [-0.39, 0.29) is 22.8 Å². The van der Waals surface area contributed by atoms with Gasteiger partial charge >= 0.3 is 5.97 Å². The van der Waals surface area contributed by atoms with Crippen LogP contribution in [0.4, 0.5) is 0 Å². The van der Waals surface area contributed by atoms with E-state index in [4.69, 9.17) is 4.74 Å². The van der Waals surface area contributed by atoms with Crippen molar-refractivity contribution < 1.29 is 9.53 Å². The van der Waals surface area contributed by atoms with Crippen LogP contribution in [-0.2, 0) is 9.53 Å². The van der Waals surface area contributed by atoms with Crippen LogP contribution in [0.25, 0.3) is 0 Å². The maximum Gasteiger partial charge on any atom is 0.305 e. The molecule has 0 aromatic carbocycles. The predicted octanol–water partition coefficient (Wildman–Crippen LogP) is 11.5. The van der Waals surface area contributed by atoms with Gasteiger partial charge in [0, 0.05) is 41.7 Å². The predicted molar refractivity (Wildman–Crippen MR) is 202 cm³/mol. The van der Waals surface area contributed by atoms with Gasteiger partial charge in [-0.05, 0) is 65.8 Å². The quantitative estimate of drug-likeness (QED) is 0.0601. The summed E-state index contributed by atoms with van der Waals surface area (Å²) in [6.07, 6.45) is 36.3. The maximum atomic E-state index is 11.4. The monoisotopic (exact) mass is 635 g/mol. The van der Waals surface area contributed by atoms with Gasteiger partial charge in [0.2, 0.25) is 0 Å². The van der Waals surface area contributed by atoms with Crippen molar-refractivity contribution in [1.82, 2.24) is 9.80 Å². The minimum absolute atomic E-state index is 0.00612. The molecule has 0 spiro atoms. The molecule has 1 atom stereocenters. The fraction of sp³-hybridized carbons (Fsp3) is 0.643. The number of allylic oxidation sites excluding steroid dienone is 9. The largest absolute Gasteiger partial charge is 0.466 e. The van der Waals surface area contributed by atoms with E-state index in [9.17, 15) is 4.79 Å². The van der Waals surface area contributed by atoms with Gasteiger partial charge in [-0.3, -0.25) is 9.69 Å². The van der Waals surface area contributed by atoms with E-state index < -0.39 is 0 Å². The van der Waals surface area contributed by atoms with E-state index in [0.717, 1.165) is 25.9 Å². The lowest BCUT2D eigenvalue weighted by molar-refractivity contribution is -0.143. The zero-order valence-electron chi connectivity index (χ0n) is 31.4. The van der Waals surface area contributed by atoms with Crippen molar-refractivity contribution in [2.45, 2.75) is 138 Å². The lowest BCUT2D eigenvalue weighted by atomic mass is 9.76. The Kier molecular flexibility index (Phi) is 20.6. The molecule has 0 amide bonds. The highest BCUT2D eigenvalue weighted by Gasteiger charge is 2.35. The molecule has 46 heavy (non-hydrogen) atoms. The molecule has 0 aromatic rings. The zero-order chi connectivity index (χ0) is 34.4. The lowest BCUT2D eigenvalue weighted by Gasteiger charge is -2.40. The van der Waals surface area contributed by atoms with E-state index in [0.29, 0.717) is 13.0 Å². The fourth-order valence-electron chi connectivity index (χ4n) is 6.37. The Bertz CT molecular complexity index is 1070. The van der Waals surface area contributed by atoms with Crippen molar-refractivity contribution in [3.63, 3.8) is 0 Å². The highest BCUT2D eigenvalue weighted by molar-refractivity contribution is 5.69. The average molecular weight is 635 g/mol. The smallest absolute Gasteiger partial charge is 0.305 e. The third kappa shape index (κ3) is 14.4. The second kappa shape index (κ2) is 22.9. The van der Waals surface area contributed by atoms with Crippen LogP contribution in [0.1, 0.15) is 132 Å². The summed E-state index contributed by atoms with van der Waals surface area (Å²) in [6, 6.07) is 0.288. The first kappa shape index (κ1) is 41.4. The first-order valence-corrected chi connectivity index (χ1v) is 18.3. The second-order valence-corrected chi connectivity index (χ2v) is 14.0. The number of carbonyl (C=O) groups excluding carboxylic acids is 1. The van der Waals surface area contributed by atoms with E-state index in [1.807, 2.05) is 19.1 Å². The first-order chi connectivity index (χ1) is 22.0. The normalized spacial score (nSPS) is 17.3. The Hall–Kier alpha value is -2.59. The summed E-state index contributed by atoms with van der Waals surface area (Å²) in [7, 11) is 2.30. The number of hydrogen-bond acceptors (Lipinski definition) is 4. The Labute approximate surface area is 285 Å². The molecular weight excluding hydrogens is 564 g/mol. The molecule has 0 bridgehead atoms. The van der Waals surface area contributed by atoms with Crippen LogP contribution in [-0.4, -0.2) is 48.6 Å². The summed E-state index contributed by atoms with van der Waals surface area (Å²) >= 11 is 0. The molecule has 4 heteroatoms. The van der Waals surface area contributed by atoms with Crippen molar-refractivity contribution in [1.29, 1.82) is 0 Å². The minimum atomic E-state index is -0.0517. The molecule has 0 radical (unpaired) electrons. The third-order valence-corrected chi connectivity index (χ3v) is 9.73. The molecule has 0 saturated heterocycles. The van der Waals surface area contributed by atoms with Crippen LogP contribution >= 0.6 is 0 Å². The molecule has 260 valence electrons. The van der Waals surface area contributed by atoms with E-state index in [1.165, 1.54) is 74.6 Å². The molecule has 0 N–H and O–H groups in total. The van der Waals surface area contributed by atoms with Gasteiger partial charge in [-0.15, -0.1) is 0 Å². The number of ether oxygens (including phenoxy) is 1. The van der Waals surface area contributed by atoms with Crippen molar-refractivity contribution in [3.8, 4) is 0 Å². The number of hydrogen-bond donors (Lipinski definition) is 0. The van der Waals surface area contributed by atoms with Gasteiger partial charge in [-0.1, -0.05) is 146 Å². The molecule has 1 aliphatic rings. The lowest BCUT2D eigenvalue weighted by Crippen LogP contribution is -2.43. The number of nitrogens with zero attached hydrogens (tertiary/aromatic N) is 2. The number of likely N-dealkylation sites (N-methyl/N-ethyl adjacent to an activating group) is 1. The van der Waals surface area contributed by atoms with Crippen LogP contribution in [0.5, 0.6) is 0 Å². The van der Waals surface area contributed by atoms with Crippen LogP contribution in [0.3, 0.4) is 0 Å². The van der Waals surface area contributed by atoms with Crippen molar-refractivity contribution in [2.75, 3.05) is 26.7 Å². The number of rotatable bonds is 24. The summed E-state index contributed by atoms with van der Waals surface area (Å²) in [4.78, 5) is 16.4. The fourth-order valence-corrected chi connectivity index (χ4v) is 6.37. The van der Waals surface area contributed by atoms with Crippen molar-refractivity contribution in [2.24, 2.45) is 10.8 Å². The molecule has 1 unspecified atom stereocenters. The van der Waals surface area contributed by atoms with E-state index in [2.05, 4.69) is 121 Å². The van der Waals surface area contributed by atoms with Gasteiger partial charge in [0.05, 0.1) is 6.61 Å². The summed E-state index contributed by atoms with van der Waals surface area (Å²) in [5, 5.41) is 0. The van der Waals surface area contributed by atoms with Gasteiger partial charge in [0.1, 0.15) is 0 Å². The molecular formula is C42H70N2O2. The van der Waals surface area contributed by atoms with Crippen LogP contribution in [0.2, 0.25) is 0 Å². The van der Waals surface area contributed by atoms with E-state index in [1.54, 1.807) is 0 Å². The third-order valence-electron chi connectivity index (χ3n) is 9.73. The molecule has 1 rings (SSSR count). The Balaban J connectivity index is 2.70. The molecule has 0 aliphatic carbocycles. The standard InChI is InChI=1S/C42H70N2O2/c1-11-15-29-36(5)41(6,7)38(31-28-32-39-42(8,9)37(30-16-12-2)35-44(39)13-3)43(10)34-27-25-23-21-19-17-18-20-22-24-26-33-40(45)46-14-4/h11-12,15-16,28-32,35,38H,2,13-14,17-27,33-34H2,1,3-10H3/b15-11-,30-16-,31-28+,36-29+,39-32+. The molecule has 1 heterocycles. The molecule has 0 saturated carbocycles. The van der Waals surface area contributed by atoms with Crippen molar-refractivity contribution >= 4 is 5.97 Å². The zero-order valence-corrected chi connectivity index (χ0v) is 31.4. The maximum absolute atomic E-state index is 11.4. The highest BCUT2D eigenvalue weighted by Crippen LogP contribution is 2.43. The number of unbranched alkanes of at least 4 members (excludes halogenated alkanes) is 10. The molecule has 1 aliphatic heterocycles. The Morgan fingerprint density at radius 1 is 0.978 bits per heavy atom. The number of esters is 1. The number of carbonyl (C=O) groups is 1. The van der Waals surface area contributed by atoms with Gasteiger partial charge in [-0.2, -0.15) is 0 Å². The van der Waals surface area contributed by atoms with Crippen LogP contribution in [0, 0.1) is 10.8 Å². The Morgan fingerprint density at radius 3 is 2.11 bits per heavy atom. The first-order valence-electron chi connectivity index (χ1n) is 18.3. The Morgan fingerprint density at radius 2 is 1.57 bits per heavy atom. The van der Waals surface area contributed by atoms with Gasteiger partial charge in [0.15, 0.2) is 0 Å². The molecule has 0 aromatic heterocycles. The summed E-state index contributed by atoms with van der Waals surface area (Å²) < 4.78 is 5.00. The summed E-state index contributed by atoms with van der Waals surface area (Å²) in [6.45, 7) is 24.2. The van der Waals surface area contributed by atoms with Crippen molar-refractivity contribution in [3.05, 3.63) is 84.3 Å². The highest BCUT2D eigenvalue weighted by atomic mass is 16.5. The van der Waals surface area contributed by atoms with Crippen LogP contribution < -0.4 is 0 Å². The van der Waals surface area contributed by atoms with E-state index >= 15 is 0 Å². The topological polar surface area (TPSA) is 32.8 Å². The molecule has 0 fully saturated rings.